The van der Waals surface area contributed by atoms with Crippen LogP contribution in [-0.2, 0) is 16.7 Å². The van der Waals surface area contributed by atoms with Crippen LogP contribution in [0.4, 0.5) is 4.39 Å². The number of nitrogens with one attached hydrogen (secondary N) is 1. The Kier molecular flexibility index (Phi) is 4.13. The van der Waals surface area contributed by atoms with Crippen molar-refractivity contribution in [1.82, 2.24) is 5.32 Å². The van der Waals surface area contributed by atoms with Crippen molar-refractivity contribution in [2.24, 2.45) is 0 Å². The molecule has 0 aliphatic heterocycles. The summed E-state index contributed by atoms with van der Waals surface area (Å²) in [5, 5.41) is 3.32. The van der Waals surface area contributed by atoms with Crippen LogP contribution in [0.5, 0.6) is 5.75 Å². The summed E-state index contributed by atoms with van der Waals surface area (Å²) in [5.41, 5.74) is 0.778. The molecule has 0 spiro atoms. The maximum absolute atomic E-state index is 12.9. The summed E-state index contributed by atoms with van der Waals surface area (Å²) in [4.78, 5) is -0.0705. The Morgan fingerprint density at radius 3 is 2.45 bits per heavy atom. The highest BCUT2D eigenvalue weighted by Crippen LogP contribution is 2.25. The van der Waals surface area contributed by atoms with E-state index in [1.807, 2.05) is 12.1 Å². The van der Waals surface area contributed by atoms with E-state index in [-0.39, 0.29) is 4.90 Å². The van der Waals surface area contributed by atoms with Crippen LogP contribution in [-0.4, -0.2) is 14.5 Å². The van der Waals surface area contributed by atoms with E-state index in [9.17, 15) is 12.8 Å². The summed E-state index contributed by atoms with van der Waals surface area (Å²) in [7, 11) is -3.97. The summed E-state index contributed by atoms with van der Waals surface area (Å²) in [5.74, 6) is -0.201. The van der Waals surface area contributed by atoms with Gasteiger partial charge in [0.2, 0.25) is 0 Å². The molecule has 0 atom stereocenters. The first kappa shape index (κ1) is 15.0. The smallest absolute Gasteiger partial charge is 0.339 e. The van der Waals surface area contributed by atoms with Gasteiger partial charge in [-0.2, -0.15) is 8.42 Å². The minimum Gasteiger partial charge on any atom is -0.379 e. The van der Waals surface area contributed by atoms with Gasteiger partial charge in [0.05, 0.1) is 0 Å². The van der Waals surface area contributed by atoms with E-state index >= 15 is 0 Å². The van der Waals surface area contributed by atoms with E-state index < -0.39 is 15.9 Å². The summed E-state index contributed by atoms with van der Waals surface area (Å²) < 4.78 is 42.6. The average Bonchev–Trinajstić information content (AvgIpc) is 3.31. The molecule has 3 rings (SSSR count). The maximum Gasteiger partial charge on any atom is 0.339 e. The van der Waals surface area contributed by atoms with Crippen LogP contribution < -0.4 is 9.50 Å². The van der Waals surface area contributed by atoms with Gasteiger partial charge >= 0.3 is 10.1 Å². The standard InChI is InChI=1S/C16H16FNO3S/c17-13-5-9-15(10-6-13)22(19,20)21-16-4-2-1-3-12(16)11-18-14-7-8-14/h1-6,9-10,14,18H,7-8,11H2. The molecule has 1 fully saturated rings. The van der Waals surface area contributed by atoms with Crippen LogP contribution in [0.1, 0.15) is 18.4 Å². The third-order valence-corrected chi connectivity index (χ3v) is 4.68. The molecule has 1 aliphatic carbocycles. The Labute approximate surface area is 129 Å². The van der Waals surface area contributed by atoms with Gasteiger partial charge in [0.1, 0.15) is 16.5 Å². The van der Waals surface area contributed by atoms with Gasteiger partial charge in [0.25, 0.3) is 0 Å². The van der Waals surface area contributed by atoms with E-state index in [1.54, 1.807) is 12.1 Å². The molecule has 1 aliphatic rings. The van der Waals surface area contributed by atoms with Crippen LogP contribution in [0.3, 0.4) is 0 Å². The van der Waals surface area contributed by atoms with Crippen molar-refractivity contribution in [1.29, 1.82) is 0 Å². The molecule has 0 radical (unpaired) electrons. The lowest BCUT2D eigenvalue weighted by Crippen LogP contribution is -2.17. The zero-order valence-electron chi connectivity index (χ0n) is 11.8. The number of hydrogen-bond acceptors (Lipinski definition) is 4. The first-order valence-corrected chi connectivity index (χ1v) is 8.47. The molecular weight excluding hydrogens is 305 g/mol. The molecule has 0 unspecified atom stereocenters. The summed E-state index contributed by atoms with van der Waals surface area (Å²) in [6.07, 6.45) is 2.30. The highest BCUT2D eigenvalue weighted by atomic mass is 32.2. The molecule has 1 saturated carbocycles. The van der Waals surface area contributed by atoms with Gasteiger partial charge < -0.3 is 9.50 Å². The van der Waals surface area contributed by atoms with E-state index in [0.717, 1.165) is 30.5 Å². The van der Waals surface area contributed by atoms with Crippen molar-refractivity contribution in [3.05, 3.63) is 59.9 Å². The molecule has 6 heteroatoms. The second kappa shape index (κ2) is 6.06. The van der Waals surface area contributed by atoms with Crippen molar-refractivity contribution >= 4 is 10.1 Å². The van der Waals surface area contributed by atoms with Crippen molar-refractivity contribution in [2.75, 3.05) is 0 Å². The molecule has 0 heterocycles. The minimum atomic E-state index is -3.97. The van der Waals surface area contributed by atoms with Crippen molar-refractivity contribution < 1.29 is 17.0 Å². The van der Waals surface area contributed by atoms with E-state index in [2.05, 4.69) is 5.32 Å². The fourth-order valence-electron chi connectivity index (χ4n) is 2.04. The molecule has 0 saturated heterocycles. The molecule has 0 aromatic heterocycles. The summed E-state index contributed by atoms with van der Waals surface area (Å²) in [6, 6.07) is 12.1. The third kappa shape index (κ3) is 3.64. The lowest BCUT2D eigenvalue weighted by Gasteiger charge is -2.12. The first-order valence-electron chi connectivity index (χ1n) is 7.06. The quantitative estimate of drug-likeness (QED) is 0.831. The molecule has 116 valence electrons. The number of halogens is 1. The first-order chi connectivity index (χ1) is 10.5. The number of hydrogen-bond donors (Lipinski definition) is 1. The fraction of sp³-hybridized carbons (Fsp3) is 0.250. The van der Waals surface area contributed by atoms with Gasteiger partial charge in [-0.1, -0.05) is 18.2 Å². The maximum atomic E-state index is 12.9. The zero-order chi connectivity index (χ0) is 15.6. The van der Waals surface area contributed by atoms with Gasteiger partial charge in [0.15, 0.2) is 0 Å². The molecule has 22 heavy (non-hydrogen) atoms. The van der Waals surface area contributed by atoms with Crippen molar-refractivity contribution in [3.63, 3.8) is 0 Å². The largest absolute Gasteiger partial charge is 0.379 e. The molecule has 4 nitrogen and oxygen atoms in total. The lowest BCUT2D eigenvalue weighted by molar-refractivity contribution is 0.480. The van der Waals surface area contributed by atoms with Crippen LogP contribution in [0.15, 0.2) is 53.4 Å². The fourth-order valence-corrected chi connectivity index (χ4v) is 3.01. The second-order valence-electron chi connectivity index (χ2n) is 5.25. The molecule has 2 aromatic rings. The van der Waals surface area contributed by atoms with E-state index in [4.69, 9.17) is 4.18 Å². The van der Waals surface area contributed by atoms with Gasteiger partial charge in [-0.25, -0.2) is 4.39 Å². The van der Waals surface area contributed by atoms with Gasteiger partial charge in [0, 0.05) is 18.2 Å². The van der Waals surface area contributed by atoms with Crippen LogP contribution in [0.25, 0.3) is 0 Å². The Morgan fingerprint density at radius 2 is 1.77 bits per heavy atom. The topological polar surface area (TPSA) is 55.4 Å². The highest BCUT2D eigenvalue weighted by molar-refractivity contribution is 7.87. The predicted molar refractivity (Wildman–Crippen MR) is 80.5 cm³/mol. The van der Waals surface area contributed by atoms with Crippen molar-refractivity contribution in [2.45, 2.75) is 30.3 Å². The Morgan fingerprint density at radius 1 is 1.09 bits per heavy atom. The van der Waals surface area contributed by atoms with E-state index in [0.29, 0.717) is 18.3 Å². The van der Waals surface area contributed by atoms with Crippen LogP contribution in [0, 0.1) is 5.82 Å². The normalized spacial score (nSPS) is 14.8. The minimum absolute atomic E-state index is 0.0705. The van der Waals surface area contributed by atoms with Gasteiger partial charge in [-0.3, -0.25) is 0 Å². The lowest BCUT2D eigenvalue weighted by atomic mass is 10.2. The molecule has 1 N–H and O–H groups in total. The molecule has 2 aromatic carbocycles. The zero-order valence-corrected chi connectivity index (χ0v) is 12.6. The van der Waals surface area contributed by atoms with Crippen LogP contribution >= 0.6 is 0 Å². The number of para-hydroxylation sites is 1. The Balaban J connectivity index is 1.80. The molecule has 0 bridgehead atoms. The summed E-state index contributed by atoms with van der Waals surface area (Å²) >= 11 is 0. The van der Waals surface area contributed by atoms with Crippen LogP contribution in [0.2, 0.25) is 0 Å². The Bertz CT molecular complexity index is 755. The monoisotopic (exact) mass is 321 g/mol. The summed E-state index contributed by atoms with van der Waals surface area (Å²) in [6.45, 7) is 0.555. The Hall–Kier alpha value is -1.92. The highest BCUT2D eigenvalue weighted by Gasteiger charge is 2.22. The predicted octanol–water partition coefficient (Wildman–Crippen LogP) is 2.85. The van der Waals surface area contributed by atoms with Gasteiger partial charge in [-0.05, 0) is 43.2 Å². The molecule has 0 amide bonds. The van der Waals surface area contributed by atoms with Crippen molar-refractivity contribution in [3.8, 4) is 5.75 Å². The van der Waals surface area contributed by atoms with Gasteiger partial charge in [-0.15, -0.1) is 0 Å². The molecular formula is C16H16FNO3S. The van der Waals surface area contributed by atoms with E-state index in [1.165, 1.54) is 12.1 Å². The SMILES string of the molecule is O=S(=O)(Oc1ccccc1CNC1CC1)c1ccc(F)cc1. The number of rotatable bonds is 6. The second-order valence-corrected chi connectivity index (χ2v) is 6.80. The number of benzene rings is 2. The average molecular weight is 321 g/mol. The third-order valence-electron chi connectivity index (χ3n) is 3.43.